The van der Waals surface area contributed by atoms with Gasteiger partial charge in [0.25, 0.3) is 0 Å². The Kier molecular flexibility index (Phi) is 4.72. The van der Waals surface area contributed by atoms with E-state index in [9.17, 15) is 14.7 Å². The van der Waals surface area contributed by atoms with Gasteiger partial charge in [-0.15, -0.1) is 0 Å². The van der Waals surface area contributed by atoms with E-state index in [-0.39, 0.29) is 36.1 Å². The van der Waals surface area contributed by atoms with Gasteiger partial charge in [-0.1, -0.05) is 0 Å². The van der Waals surface area contributed by atoms with Gasteiger partial charge in [0.2, 0.25) is 11.8 Å². The molecule has 1 aliphatic rings. The van der Waals surface area contributed by atoms with Crippen LogP contribution in [0, 0.1) is 17.9 Å². The molecule has 1 unspecified atom stereocenters. The van der Waals surface area contributed by atoms with Crippen LogP contribution >= 0.6 is 0 Å². The van der Waals surface area contributed by atoms with Crippen LogP contribution < -0.4 is 15.7 Å². The normalized spacial score (nSPS) is 18.1. The van der Waals surface area contributed by atoms with E-state index in [1.54, 1.807) is 19.9 Å². The number of quaternary nitrogens is 1. The maximum absolute atomic E-state index is 13.4. The lowest BCUT2D eigenvalue weighted by atomic mass is 10.0. The van der Waals surface area contributed by atoms with Gasteiger partial charge in [0.1, 0.15) is 12.5 Å². The van der Waals surface area contributed by atoms with E-state index in [2.05, 4.69) is 20.6 Å². The summed E-state index contributed by atoms with van der Waals surface area (Å²) in [5.74, 6) is 0.333. The summed E-state index contributed by atoms with van der Waals surface area (Å²) in [4.78, 5) is 8.84. The monoisotopic (exact) mass is 333 g/mol. The third-order valence-electron chi connectivity index (χ3n) is 3.95. The highest BCUT2D eigenvalue weighted by molar-refractivity contribution is 5.71. The largest absolute Gasteiger partial charge is 0.627 e. The molecule has 7 nitrogen and oxygen atoms in total. The zero-order valence-corrected chi connectivity index (χ0v) is 13.6. The third kappa shape index (κ3) is 3.22. The summed E-state index contributed by atoms with van der Waals surface area (Å²) in [5, 5.41) is 27.3. The van der Waals surface area contributed by atoms with Crippen LogP contribution in [0.5, 0.6) is 0 Å². The molecule has 0 radical (unpaired) electrons. The minimum atomic E-state index is -0.319. The molecule has 2 atom stereocenters. The van der Waals surface area contributed by atoms with E-state index in [1.165, 1.54) is 12.1 Å². The molecule has 1 aromatic heterocycles. The van der Waals surface area contributed by atoms with Gasteiger partial charge >= 0.3 is 0 Å². The van der Waals surface area contributed by atoms with Crippen LogP contribution in [0.4, 0.5) is 16.2 Å². The van der Waals surface area contributed by atoms with Crippen LogP contribution in [0.2, 0.25) is 0 Å². The highest BCUT2D eigenvalue weighted by Crippen LogP contribution is 2.30. The quantitative estimate of drug-likeness (QED) is 0.607. The summed E-state index contributed by atoms with van der Waals surface area (Å²) < 4.78 is 13.4. The number of anilines is 1. The molecule has 1 aromatic carbocycles. The summed E-state index contributed by atoms with van der Waals surface area (Å²) in [7, 11) is 0. The molecule has 8 heteroatoms. The first-order valence-electron chi connectivity index (χ1n) is 7.78. The number of halogens is 1. The third-order valence-corrected chi connectivity index (χ3v) is 3.95. The highest BCUT2D eigenvalue weighted by Gasteiger charge is 2.25. The van der Waals surface area contributed by atoms with Crippen molar-refractivity contribution in [3.63, 3.8) is 0 Å². The minimum Gasteiger partial charge on any atom is -0.627 e. The number of hydrogen-bond donors (Lipinski definition) is 4. The first-order valence-corrected chi connectivity index (χ1v) is 7.78. The molecule has 1 aliphatic heterocycles. The number of nitrogens with one attached hydrogen (secondary N) is 3. The van der Waals surface area contributed by atoms with Crippen LogP contribution in [0.25, 0.3) is 11.3 Å². The van der Waals surface area contributed by atoms with E-state index < -0.39 is 0 Å². The van der Waals surface area contributed by atoms with Gasteiger partial charge in [-0.2, -0.15) is 4.98 Å². The molecule has 4 N–H and O–H groups in total. The number of hydrogen-bond acceptors (Lipinski definition) is 6. The fourth-order valence-electron chi connectivity index (χ4n) is 2.71. The molecule has 0 bridgehead atoms. The Morgan fingerprint density at radius 3 is 2.96 bits per heavy atom. The van der Waals surface area contributed by atoms with Crippen molar-refractivity contribution < 1.29 is 14.6 Å². The molecule has 0 fully saturated rings. The van der Waals surface area contributed by atoms with E-state index in [4.69, 9.17) is 0 Å². The molecular formula is C16H20FN5O2. The second kappa shape index (κ2) is 6.78. The van der Waals surface area contributed by atoms with E-state index in [0.717, 1.165) is 11.1 Å². The first-order chi connectivity index (χ1) is 11.5. The summed E-state index contributed by atoms with van der Waals surface area (Å²) >= 11 is 0. The number of aromatic nitrogens is 2. The lowest BCUT2D eigenvalue weighted by Crippen LogP contribution is -3.05. The van der Waals surface area contributed by atoms with Crippen LogP contribution in [-0.2, 0) is 6.54 Å². The maximum Gasteiger partial charge on any atom is 0.237 e. The molecule has 24 heavy (non-hydrogen) atoms. The fraction of sp³-hybridized carbons (Fsp3) is 0.375. The van der Waals surface area contributed by atoms with Crippen molar-refractivity contribution in [3.8, 4) is 11.3 Å². The number of fused-ring (bicyclic) bond motifs is 1. The van der Waals surface area contributed by atoms with Gasteiger partial charge < -0.3 is 20.7 Å². The smallest absolute Gasteiger partial charge is 0.237 e. The number of benzene rings is 1. The van der Waals surface area contributed by atoms with Gasteiger partial charge in [0.05, 0.1) is 17.9 Å². The Balaban J connectivity index is 2.15. The standard InChI is InChI=1S/C16H20FN5O2/c1-9-5-11(17)3-4-12(9)14-13-6-18-8-22(24)15(13)21-16(20-14)19-10(2)7-23/h3-5,10,18,22-23H,6-8H2,1-2H3,(H,19,20,21)/t10-/m1/s1. The second-order valence-electron chi connectivity index (χ2n) is 5.94. The van der Waals surface area contributed by atoms with Crippen molar-refractivity contribution >= 4 is 11.8 Å². The molecular weight excluding hydrogens is 313 g/mol. The van der Waals surface area contributed by atoms with Crippen LogP contribution in [0.3, 0.4) is 0 Å². The summed E-state index contributed by atoms with van der Waals surface area (Å²) in [6, 6.07) is 4.22. The summed E-state index contributed by atoms with van der Waals surface area (Å²) in [6.07, 6.45) is 0. The van der Waals surface area contributed by atoms with E-state index >= 15 is 0 Å². The van der Waals surface area contributed by atoms with Gasteiger partial charge in [-0.05, 0) is 37.6 Å². The summed E-state index contributed by atoms with van der Waals surface area (Å²) in [6.45, 7) is 4.20. The zero-order valence-electron chi connectivity index (χ0n) is 13.6. The van der Waals surface area contributed by atoms with Crippen molar-refractivity contribution in [1.29, 1.82) is 0 Å². The average molecular weight is 333 g/mol. The van der Waals surface area contributed by atoms with Crippen LogP contribution in [-0.4, -0.2) is 34.4 Å². The molecule has 3 rings (SSSR count). The van der Waals surface area contributed by atoms with Gasteiger partial charge in [0.15, 0.2) is 0 Å². The molecule has 0 saturated carbocycles. The molecule has 0 saturated heterocycles. The van der Waals surface area contributed by atoms with Crippen molar-refractivity contribution in [3.05, 3.63) is 40.4 Å². The highest BCUT2D eigenvalue weighted by atomic mass is 19.1. The molecule has 2 aromatic rings. The molecule has 2 heterocycles. The topological polar surface area (TPSA) is 97.6 Å². The number of hydroxylamine groups is 1. The van der Waals surface area contributed by atoms with Gasteiger partial charge in [0, 0.05) is 18.2 Å². The van der Waals surface area contributed by atoms with E-state index in [0.29, 0.717) is 23.6 Å². The Hall–Kier alpha value is -2.13. The lowest BCUT2D eigenvalue weighted by Gasteiger charge is -2.29. The minimum absolute atomic E-state index is 0.0825. The number of aryl methyl sites for hydroxylation is 1. The molecule has 128 valence electrons. The first kappa shape index (κ1) is 16.7. The van der Waals surface area contributed by atoms with Crippen molar-refractivity contribution in [1.82, 2.24) is 15.3 Å². The van der Waals surface area contributed by atoms with Gasteiger partial charge in [-0.3, -0.25) is 5.32 Å². The molecule has 0 amide bonds. The number of nitrogens with zero attached hydrogens (tertiary/aromatic N) is 2. The Morgan fingerprint density at radius 2 is 2.25 bits per heavy atom. The molecule has 0 aliphatic carbocycles. The van der Waals surface area contributed by atoms with Gasteiger partial charge in [-0.25, -0.2) is 9.37 Å². The Bertz CT molecular complexity index is 755. The van der Waals surface area contributed by atoms with E-state index in [1.807, 2.05) is 0 Å². The number of aliphatic hydroxyl groups excluding tert-OH is 1. The molecule has 0 spiro atoms. The Labute approximate surface area is 139 Å². The average Bonchev–Trinajstić information content (AvgIpc) is 2.55. The Morgan fingerprint density at radius 1 is 1.46 bits per heavy atom. The predicted molar refractivity (Wildman–Crippen MR) is 88.0 cm³/mol. The predicted octanol–water partition coefficient (Wildman–Crippen LogP) is 0.459. The SMILES string of the molecule is Cc1cc(F)ccc1-c1nc(N[C@H](C)CO)nc2c1CNC[NH+]2[O-]. The fourth-order valence-corrected chi connectivity index (χ4v) is 2.71. The van der Waals surface area contributed by atoms with Crippen molar-refractivity contribution in [2.75, 3.05) is 18.6 Å². The van der Waals surface area contributed by atoms with Crippen LogP contribution in [0.15, 0.2) is 18.2 Å². The van der Waals surface area contributed by atoms with Crippen LogP contribution in [0.1, 0.15) is 18.1 Å². The van der Waals surface area contributed by atoms with Crippen molar-refractivity contribution in [2.45, 2.75) is 26.4 Å². The van der Waals surface area contributed by atoms with Crippen molar-refractivity contribution in [2.24, 2.45) is 0 Å². The zero-order chi connectivity index (χ0) is 17.3. The lowest BCUT2D eigenvalue weighted by molar-refractivity contribution is -0.786. The second-order valence-corrected chi connectivity index (χ2v) is 5.94. The number of rotatable bonds is 4. The number of aliphatic hydroxyl groups is 1. The maximum atomic E-state index is 13.4. The summed E-state index contributed by atoms with van der Waals surface area (Å²) in [5.41, 5.74) is 2.80.